The Kier molecular flexibility index (Phi) is 3.87. The first-order valence-corrected chi connectivity index (χ1v) is 6.04. The van der Waals surface area contributed by atoms with Crippen LogP contribution >= 0.6 is 23.2 Å². The van der Waals surface area contributed by atoms with E-state index in [-0.39, 0.29) is 0 Å². The van der Waals surface area contributed by atoms with Gasteiger partial charge in [-0.1, -0.05) is 17.7 Å². The second kappa shape index (κ2) is 5.39. The quantitative estimate of drug-likeness (QED) is 0.760. The number of alkyl halides is 1. The van der Waals surface area contributed by atoms with E-state index in [0.29, 0.717) is 22.4 Å². The number of ether oxygens (including phenoxy) is 1. The monoisotopic (exact) mass is 267 g/mol. The van der Waals surface area contributed by atoms with Crippen LogP contribution in [0.25, 0.3) is 0 Å². The molecule has 88 valence electrons. The predicted octanol–water partition coefficient (Wildman–Crippen LogP) is 4.57. The normalized spacial score (nSPS) is 10.3. The SMILES string of the molecule is Cc1ccc(Cl)c(Oc2cncc(CCl)c2)c1. The Bertz CT molecular complexity index is 529. The third-order valence-corrected chi connectivity index (χ3v) is 2.86. The third kappa shape index (κ3) is 3.11. The Morgan fingerprint density at radius 1 is 1.24 bits per heavy atom. The van der Waals surface area contributed by atoms with Gasteiger partial charge in [-0.25, -0.2) is 0 Å². The molecule has 0 aliphatic rings. The molecule has 4 heteroatoms. The molecule has 0 aliphatic heterocycles. The van der Waals surface area contributed by atoms with Gasteiger partial charge >= 0.3 is 0 Å². The number of nitrogens with zero attached hydrogens (tertiary/aromatic N) is 1. The fourth-order valence-electron chi connectivity index (χ4n) is 1.41. The minimum Gasteiger partial charge on any atom is -0.454 e. The molecule has 0 saturated heterocycles. The molecule has 0 bridgehead atoms. The van der Waals surface area contributed by atoms with Crippen LogP contribution in [0.4, 0.5) is 0 Å². The van der Waals surface area contributed by atoms with Crippen molar-refractivity contribution < 1.29 is 4.74 Å². The van der Waals surface area contributed by atoms with Crippen molar-refractivity contribution in [3.63, 3.8) is 0 Å². The van der Waals surface area contributed by atoms with Gasteiger partial charge in [-0.2, -0.15) is 0 Å². The van der Waals surface area contributed by atoms with Crippen LogP contribution in [0.2, 0.25) is 5.02 Å². The number of rotatable bonds is 3. The summed E-state index contributed by atoms with van der Waals surface area (Å²) in [6.07, 6.45) is 3.34. The molecule has 0 atom stereocenters. The minimum absolute atomic E-state index is 0.408. The van der Waals surface area contributed by atoms with Crippen LogP contribution in [-0.2, 0) is 5.88 Å². The second-order valence-corrected chi connectivity index (χ2v) is 4.37. The van der Waals surface area contributed by atoms with Gasteiger partial charge in [-0.05, 0) is 36.2 Å². The molecule has 2 nitrogen and oxygen atoms in total. The highest BCUT2D eigenvalue weighted by molar-refractivity contribution is 6.32. The molecule has 0 radical (unpaired) electrons. The zero-order valence-corrected chi connectivity index (χ0v) is 10.8. The predicted molar refractivity (Wildman–Crippen MR) is 70.1 cm³/mol. The van der Waals surface area contributed by atoms with E-state index < -0.39 is 0 Å². The highest BCUT2D eigenvalue weighted by atomic mass is 35.5. The van der Waals surface area contributed by atoms with Crippen LogP contribution in [0, 0.1) is 6.92 Å². The molecule has 0 spiro atoms. The van der Waals surface area contributed by atoms with Crippen LogP contribution in [0.3, 0.4) is 0 Å². The van der Waals surface area contributed by atoms with Gasteiger partial charge in [0.2, 0.25) is 0 Å². The number of halogens is 2. The summed E-state index contributed by atoms with van der Waals surface area (Å²) in [5.74, 6) is 1.67. The number of benzene rings is 1. The average Bonchev–Trinajstić information content (AvgIpc) is 2.34. The van der Waals surface area contributed by atoms with Gasteiger partial charge in [0.25, 0.3) is 0 Å². The highest BCUT2D eigenvalue weighted by Gasteiger charge is 2.04. The Labute approximate surface area is 110 Å². The van der Waals surface area contributed by atoms with E-state index in [1.54, 1.807) is 12.4 Å². The van der Waals surface area contributed by atoms with Crippen molar-refractivity contribution in [3.05, 3.63) is 52.8 Å². The lowest BCUT2D eigenvalue weighted by molar-refractivity contribution is 0.479. The molecule has 0 saturated carbocycles. The summed E-state index contributed by atoms with van der Waals surface area (Å²) in [5, 5.41) is 0.576. The van der Waals surface area contributed by atoms with E-state index in [9.17, 15) is 0 Å². The molecule has 0 N–H and O–H groups in total. The fraction of sp³-hybridized carbons (Fsp3) is 0.154. The van der Waals surface area contributed by atoms with Crippen molar-refractivity contribution in [3.8, 4) is 11.5 Å². The Morgan fingerprint density at radius 2 is 2.06 bits per heavy atom. The number of pyridine rings is 1. The maximum atomic E-state index is 6.05. The third-order valence-electron chi connectivity index (χ3n) is 2.24. The summed E-state index contributed by atoms with van der Waals surface area (Å²) in [7, 11) is 0. The number of hydrogen-bond donors (Lipinski definition) is 0. The van der Waals surface area contributed by atoms with Gasteiger partial charge in [0.05, 0.1) is 11.2 Å². The summed E-state index contributed by atoms with van der Waals surface area (Å²) in [5.41, 5.74) is 2.00. The van der Waals surface area contributed by atoms with E-state index in [2.05, 4.69) is 4.98 Å². The van der Waals surface area contributed by atoms with Crippen molar-refractivity contribution in [2.45, 2.75) is 12.8 Å². The zero-order chi connectivity index (χ0) is 12.3. The largest absolute Gasteiger partial charge is 0.454 e. The lowest BCUT2D eigenvalue weighted by Crippen LogP contribution is -1.89. The van der Waals surface area contributed by atoms with Gasteiger partial charge < -0.3 is 4.74 Å². The highest BCUT2D eigenvalue weighted by Crippen LogP contribution is 2.30. The summed E-state index contributed by atoms with van der Waals surface area (Å²) in [6, 6.07) is 7.47. The van der Waals surface area contributed by atoms with E-state index >= 15 is 0 Å². The first-order chi connectivity index (χ1) is 8.19. The molecule has 0 amide bonds. The number of hydrogen-bond acceptors (Lipinski definition) is 2. The molecule has 0 fully saturated rings. The smallest absolute Gasteiger partial charge is 0.146 e. The van der Waals surface area contributed by atoms with Gasteiger partial charge in [-0.15, -0.1) is 11.6 Å². The first-order valence-electron chi connectivity index (χ1n) is 5.13. The molecule has 2 rings (SSSR count). The van der Waals surface area contributed by atoms with Crippen molar-refractivity contribution in [1.29, 1.82) is 0 Å². The van der Waals surface area contributed by atoms with Crippen LogP contribution in [0.1, 0.15) is 11.1 Å². The van der Waals surface area contributed by atoms with E-state index in [1.165, 1.54) is 0 Å². The Hall–Kier alpha value is -1.25. The van der Waals surface area contributed by atoms with Crippen molar-refractivity contribution in [2.24, 2.45) is 0 Å². The standard InChI is InChI=1S/C13H11Cl2NO/c1-9-2-3-12(15)13(4-9)17-11-5-10(6-14)7-16-8-11/h2-5,7-8H,6H2,1H3. The number of aromatic nitrogens is 1. The average molecular weight is 268 g/mol. The molecule has 1 aromatic carbocycles. The van der Waals surface area contributed by atoms with Crippen LogP contribution < -0.4 is 4.74 Å². The lowest BCUT2D eigenvalue weighted by Gasteiger charge is -2.08. The lowest BCUT2D eigenvalue weighted by atomic mass is 10.2. The van der Waals surface area contributed by atoms with E-state index in [0.717, 1.165) is 11.1 Å². The maximum absolute atomic E-state index is 6.05. The summed E-state index contributed by atoms with van der Waals surface area (Å²) < 4.78 is 5.68. The fourth-order valence-corrected chi connectivity index (χ4v) is 1.71. The van der Waals surface area contributed by atoms with Gasteiger partial charge in [-0.3, -0.25) is 4.98 Å². The second-order valence-electron chi connectivity index (χ2n) is 3.70. The van der Waals surface area contributed by atoms with Gasteiger partial charge in [0.15, 0.2) is 0 Å². The van der Waals surface area contributed by atoms with Crippen molar-refractivity contribution in [1.82, 2.24) is 4.98 Å². The van der Waals surface area contributed by atoms with Gasteiger partial charge in [0.1, 0.15) is 11.5 Å². The molecule has 2 aromatic rings. The van der Waals surface area contributed by atoms with Crippen LogP contribution in [0.5, 0.6) is 11.5 Å². The van der Waals surface area contributed by atoms with Crippen LogP contribution in [-0.4, -0.2) is 4.98 Å². The molecular weight excluding hydrogens is 257 g/mol. The zero-order valence-electron chi connectivity index (χ0n) is 9.28. The molecule has 0 unspecified atom stereocenters. The van der Waals surface area contributed by atoms with E-state index in [1.807, 2.05) is 31.2 Å². The van der Waals surface area contributed by atoms with Crippen LogP contribution in [0.15, 0.2) is 36.7 Å². The Morgan fingerprint density at radius 3 is 2.82 bits per heavy atom. The van der Waals surface area contributed by atoms with E-state index in [4.69, 9.17) is 27.9 Å². The summed E-state index contributed by atoms with van der Waals surface area (Å²) in [6.45, 7) is 1.98. The van der Waals surface area contributed by atoms with Gasteiger partial charge in [0, 0.05) is 12.1 Å². The first kappa shape index (κ1) is 12.2. The van der Waals surface area contributed by atoms with Crippen molar-refractivity contribution in [2.75, 3.05) is 0 Å². The maximum Gasteiger partial charge on any atom is 0.146 e. The molecule has 17 heavy (non-hydrogen) atoms. The molecular formula is C13H11Cl2NO. The van der Waals surface area contributed by atoms with Crippen molar-refractivity contribution >= 4 is 23.2 Å². The Balaban J connectivity index is 2.27. The molecule has 1 aromatic heterocycles. The summed E-state index contributed by atoms with van der Waals surface area (Å²) >= 11 is 11.8. The molecule has 1 heterocycles. The number of aryl methyl sites for hydroxylation is 1. The molecule has 0 aliphatic carbocycles. The topological polar surface area (TPSA) is 22.1 Å². The minimum atomic E-state index is 0.408. The summed E-state index contributed by atoms with van der Waals surface area (Å²) in [4.78, 5) is 4.05.